The zero-order valence-corrected chi connectivity index (χ0v) is 9.44. The van der Waals surface area contributed by atoms with Crippen molar-refractivity contribution in [3.63, 3.8) is 0 Å². The molecule has 0 atom stereocenters. The summed E-state index contributed by atoms with van der Waals surface area (Å²) in [5, 5.41) is 0. The fourth-order valence-corrected chi connectivity index (χ4v) is 1.66. The Labute approximate surface area is 94.4 Å². The van der Waals surface area contributed by atoms with E-state index in [0.29, 0.717) is 25.9 Å². The van der Waals surface area contributed by atoms with Crippen molar-refractivity contribution in [2.75, 3.05) is 33.2 Å². The van der Waals surface area contributed by atoms with Gasteiger partial charge >= 0.3 is 0 Å². The predicted molar refractivity (Wildman–Crippen MR) is 57.5 cm³/mol. The number of piperidine rings is 1. The van der Waals surface area contributed by atoms with E-state index in [9.17, 15) is 14.4 Å². The number of Topliss-reactive ketones (excluding diaryl/α,β-unsaturated/α-hetero) is 1. The minimum Gasteiger partial charge on any atom is -0.369 e. The van der Waals surface area contributed by atoms with Crippen LogP contribution in [0.15, 0.2) is 0 Å². The van der Waals surface area contributed by atoms with Gasteiger partial charge < -0.3 is 10.6 Å². The van der Waals surface area contributed by atoms with Gasteiger partial charge in [-0.1, -0.05) is 0 Å². The van der Waals surface area contributed by atoms with Gasteiger partial charge in [0.15, 0.2) is 0 Å². The Kier molecular flexibility index (Phi) is 4.42. The maximum Gasteiger partial charge on any atom is 0.236 e. The lowest BCUT2D eigenvalue weighted by molar-refractivity contribution is -0.135. The highest BCUT2D eigenvalue weighted by molar-refractivity contribution is 5.84. The maximum atomic E-state index is 11.7. The number of likely N-dealkylation sites (tertiary alicyclic amines) is 1. The third-order valence-corrected chi connectivity index (χ3v) is 2.50. The van der Waals surface area contributed by atoms with Crippen molar-refractivity contribution in [2.45, 2.75) is 12.8 Å². The van der Waals surface area contributed by atoms with Crippen LogP contribution < -0.4 is 5.73 Å². The van der Waals surface area contributed by atoms with Crippen LogP contribution in [0.5, 0.6) is 0 Å². The molecule has 0 aliphatic carbocycles. The van der Waals surface area contributed by atoms with Crippen LogP contribution in [0, 0.1) is 0 Å². The molecule has 1 fully saturated rings. The molecule has 1 aliphatic rings. The van der Waals surface area contributed by atoms with Gasteiger partial charge in [0.25, 0.3) is 0 Å². The van der Waals surface area contributed by atoms with Crippen LogP contribution in [0.4, 0.5) is 0 Å². The standard InChI is InChI=1S/C10H17N3O3/c1-12(6-9(11)15)7-10(16)13-4-2-8(14)3-5-13/h2-7H2,1H3,(H2,11,15). The molecule has 1 rings (SSSR count). The number of rotatable bonds is 4. The Morgan fingerprint density at radius 2 is 1.88 bits per heavy atom. The third-order valence-electron chi connectivity index (χ3n) is 2.50. The number of nitrogens with zero attached hydrogens (tertiary/aromatic N) is 2. The first kappa shape index (κ1) is 12.6. The number of likely N-dealkylation sites (N-methyl/N-ethyl adjacent to an activating group) is 1. The molecular weight excluding hydrogens is 210 g/mol. The summed E-state index contributed by atoms with van der Waals surface area (Å²) >= 11 is 0. The van der Waals surface area contributed by atoms with E-state index in [-0.39, 0.29) is 24.8 Å². The molecule has 2 N–H and O–H groups in total. The van der Waals surface area contributed by atoms with Crippen LogP contribution in [0.2, 0.25) is 0 Å². The Morgan fingerprint density at radius 1 is 1.31 bits per heavy atom. The van der Waals surface area contributed by atoms with Crippen molar-refractivity contribution in [1.82, 2.24) is 9.80 Å². The Bertz CT molecular complexity index is 294. The summed E-state index contributed by atoms with van der Waals surface area (Å²) in [4.78, 5) is 36.6. The number of hydrogen-bond donors (Lipinski definition) is 1. The average Bonchev–Trinajstić information content (AvgIpc) is 2.16. The van der Waals surface area contributed by atoms with Crippen LogP contribution in [0.3, 0.4) is 0 Å². The first-order valence-corrected chi connectivity index (χ1v) is 5.25. The van der Waals surface area contributed by atoms with Crippen molar-refractivity contribution in [2.24, 2.45) is 5.73 Å². The zero-order valence-electron chi connectivity index (χ0n) is 9.44. The molecule has 0 aromatic heterocycles. The van der Waals surface area contributed by atoms with Crippen molar-refractivity contribution in [1.29, 1.82) is 0 Å². The monoisotopic (exact) mass is 227 g/mol. The van der Waals surface area contributed by atoms with Crippen molar-refractivity contribution in [3.8, 4) is 0 Å². The van der Waals surface area contributed by atoms with E-state index in [1.165, 1.54) is 0 Å². The molecule has 90 valence electrons. The van der Waals surface area contributed by atoms with Gasteiger partial charge in [0.1, 0.15) is 5.78 Å². The van der Waals surface area contributed by atoms with Gasteiger partial charge in [-0.3, -0.25) is 19.3 Å². The minimum absolute atomic E-state index is 0.0590. The van der Waals surface area contributed by atoms with Crippen molar-refractivity contribution >= 4 is 17.6 Å². The molecule has 6 heteroatoms. The molecule has 0 radical (unpaired) electrons. The first-order valence-electron chi connectivity index (χ1n) is 5.25. The maximum absolute atomic E-state index is 11.7. The average molecular weight is 227 g/mol. The Hall–Kier alpha value is -1.43. The molecular formula is C10H17N3O3. The van der Waals surface area contributed by atoms with E-state index in [0.717, 1.165) is 0 Å². The van der Waals surface area contributed by atoms with Gasteiger partial charge in [-0.15, -0.1) is 0 Å². The molecule has 1 saturated heterocycles. The lowest BCUT2D eigenvalue weighted by atomic mass is 10.1. The summed E-state index contributed by atoms with van der Waals surface area (Å²) in [5.74, 6) is -0.310. The third kappa shape index (κ3) is 3.98. The molecule has 0 aromatic carbocycles. The molecule has 6 nitrogen and oxygen atoms in total. The van der Waals surface area contributed by atoms with Crippen molar-refractivity contribution in [3.05, 3.63) is 0 Å². The minimum atomic E-state index is -0.455. The highest BCUT2D eigenvalue weighted by Gasteiger charge is 2.21. The van der Waals surface area contributed by atoms with E-state index in [1.807, 2.05) is 0 Å². The second-order valence-corrected chi connectivity index (χ2v) is 4.06. The number of ketones is 1. The van der Waals surface area contributed by atoms with Gasteiger partial charge in [-0.25, -0.2) is 0 Å². The topological polar surface area (TPSA) is 83.7 Å². The smallest absolute Gasteiger partial charge is 0.236 e. The van der Waals surface area contributed by atoms with E-state index in [2.05, 4.69) is 0 Å². The number of carbonyl (C=O) groups excluding carboxylic acids is 3. The lowest BCUT2D eigenvalue weighted by Gasteiger charge is -2.27. The number of hydrogen-bond acceptors (Lipinski definition) is 4. The van der Waals surface area contributed by atoms with Crippen molar-refractivity contribution < 1.29 is 14.4 Å². The van der Waals surface area contributed by atoms with Gasteiger partial charge in [-0.05, 0) is 7.05 Å². The Morgan fingerprint density at radius 3 is 2.38 bits per heavy atom. The largest absolute Gasteiger partial charge is 0.369 e. The quantitative estimate of drug-likeness (QED) is 0.640. The van der Waals surface area contributed by atoms with E-state index in [1.54, 1.807) is 16.8 Å². The summed E-state index contributed by atoms with van der Waals surface area (Å²) < 4.78 is 0. The van der Waals surface area contributed by atoms with Crippen LogP contribution >= 0.6 is 0 Å². The second kappa shape index (κ2) is 5.60. The van der Waals surface area contributed by atoms with Gasteiger partial charge in [0.2, 0.25) is 11.8 Å². The van der Waals surface area contributed by atoms with Crippen LogP contribution in [-0.4, -0.2) is 60.6 Å². The molecule has 0 aromatic rings. The number of amides is 2. The fraction of sp³-hybridized carbons (Fsp3) is 0.700. The lowest BCUT2D eigenvalue weighted by Crippen LogP contribution is -2.44. The summed E-state index contributed by atoms with van der Waals surface area (Å²) in [6.07, 6.45) is 0.872. The van der Waals surface area contributed by atoms with E-state index in [4.69, 9.17) is 5.73 Å². The fourth-order valence-electron chi connectivity index (χ4n) is 1.66. The van der Waals surface area contributed by atoms with Gasteiger partial charge in [0.05, 0.1) is 13.1 Å². The SMILES string of the molecule is CN(CC(N)=O)CC(=O)N1CCC(=O)CC1. The normalized spacial score (nSPS) is 16.6. The first-order chi connectivity index (χ1) is 7.49. The zero-order chi connectivity index (χ0) is 12.1. The van der Waals surface area contributed by atoms with Gasteiger partial charge in [0, 0.05) is 25.9 Å². The Balaban J connectivity index is 2.34. The molecule has 0 bridgehead atoms. The molecule has 0 saturated carbocycles. The van der Waals surface area contributed by atoms with Crippen LogP contribution in [-0.2, 0) is 14.4 Å². The van der Waals surface area contributed by atoms with Crippen LogP contribution in [0.25, 0.3) is 0 Å². The molecule has 2 amide bonds. The van der Waals surface area contributed by atoms with Crippen LogP contribution in [0.1, 0.15) is 12.8 Å². The highest BCUT2D eigenvalue weighted by atomic mass is 16.2. The molecule has 1 aliphatic heterocycles. The molecule has 0 spiro atoms. The van der Waals surface area contributed by atoms with Gasteiger partial charge in [-0.2, -0.15) is 0 Å². The molecule has 16 heavy (non-hydrogen) atoms. The summed E-state index contributed by atoms with van der Waals surface area (Å²) in [5.41, 5.74) is 5.02. The molecule has 1 heterocycles. The van der Waals surface area contributed by atoms with E-state index < -0.39 is 5.91 Å². The number of carbonyl (C=O) groups is 3. The summed E-state index contributed by atoms with van der Waals surface area (Å²) in [6.45, 7) is 1.21. The van der Waals surface area contributed by atoms with E-state index >= 15 is 0 Å². The predicted octanol–water partition coefficient (Wildman–Crippen LogP) is -1.40. The summed E-state index contributed by atoms with van der Waals surface area (Å²) in [6, 6.07) is 0. The number of nitrogens with two attached hydrogens (primary N) is 1. The number of primary amides is 1. The summed E-state index contributed by atoms with van der Waals surface area (Å²) in [7, 11) is 1.66. The molecule has 0 unspecified atom stereocenters. The highest BCUT2D eigenvalue weighted by Crippen LogP contribution is 2.06. The second-order valence-electron chi connectivity index (χ2n) is 4.06.